The van der Waals surface area contributed by atoms with E-state index in [0.29, 0.717) is 10.9 Å². The van der Waals surface area contributed by atoms with Crippen LogP contribution in [-0.4, -0.2) is 21.0 Å². The van der Waals surface area contributed by atoms with E-state index in [1.54, 1.807) is 12.1 Å². The number of hydrogen-bond acceptors (Lipinski definition) is 3. The number of nitrogens with one attached hydrogen (secondary N) is 2. The zero-order valence-electron chi connectivity index (χ0n) is 18.6. The third-order valence-corrected chi connectivity index (χ3v) is 7.85. The Morgan fingerprint density at radius 1 is 0.906 bits per heavy atom. The van der Waals surface area contributed by atoms with Crippen LogP contribution < -0.4 is 10.0 Å². The molecular weight excluding hydrogens is 416 g/mol. The van der Waals surface area contributed by atoms with Gasteiger partial charge in [0.2, 0.25) is 10.0 Å². The number of benzene rings is 3. The predicted octanol–water partition coefficient (Wildman–Crippen LogP) is 5.33. The Balaban J connectivity index is 1.69. The molecule has 0 aliphatic carbocycles. The van der Waals surface area contributed by atoms with Crippen molar-refractivity contribution in [2.75, 3.05) is 6.54 Å². The number of sulfonamides is 1. The van der Waals surface area contributed by atoms with E-state index in [1.165, 1.54) is 12.8 Å². The lowest BCUT2D eigenvalue weighted by Gasteiger charge is -2.30. The summed E-state index contributed by atoms with van der Waals surface area (Å²) in [7, 11) is -3.68. The van der Waals surface area contributed by atoms with Crippen LogP contribution in [0.25, 0.3) is 0 Å². The summed E-state index contributed by atoms with van der Waals surface area (Å²) in [5.41, 5.74) is 3.18. The van der Waals surface area contributed by atoms with E-state index in [1.807, 2.05) is 67.6 Å². The molecule has 1 fully saturated rings. The Labute approximate surface area is 192 Å². The zero-order valence-corrected chi connectivity index (χ0v) is 19.4. The van der Waals surface area contributed by atoms with Crippen molar-refractivity contribution in [3.8, 4) is 0 Å². The maximum absolute atomic E-state index is 13.4. The minimum Gasteiger partial charge on any atom is -0.314 e. The van der Waals surface area contributed by atoms with Crippen molar-refractivity contribution in [3.05, 3.63) is 102 Å². The van der Waals surface area contributed by atoms with Gasteiger partial charge in [0.1, 0.15) is 0 Å². The highest BCUT2D eigenvalue weighted by Gasteiger charge is 2.30. The van der Waals surface area contributed by atoms with E-state index in [0.717, 1.165) is 36.1 Å². The Hall–Kier alpha value is -2.47. The van der Waals surface area contributed by atoms with Gasteiger partial charge in [-0.3, -0.25) is 0 Å². The molecule has 3 aromatic rings. The fourth-order valence-electron chi connectivity index (χ4n) is 4.61. The fraction of sp³-hybridized carbons (Fsp3) is 0.333. The Morgan fingerprint density at radius 3 is 2.12 bits per heavy atom. The van der Waals surface area contributed by atoms with Crippen molar-refractivity contribution in [2.45, 2.75) is 55.5 Å². The summed E-state index contributed by atoms with van der Waals surface area (Å²) < 4.78 is 29.9. The highest BCUT2D eigenvalue weighted by atomic mass is 32.2. The van der Waals surface area contributed by atoms with Crippen LogP contribution in [0.15, 0.2) is 89.8 Å². The van der Waals surface area contributed by atoms with E-state index in [-0.39, 0.29) is 12.0 Å². The monoisotopic (exact) mass is 448 g/mol. The van der Waals surface area contributed by atoms with Crippen LogP contribution in [-0.2, 0) is 10.0 Å². The molecule has 1 heterocycles. The Kier molecular flexibility index (Phi) is 7.40. The summed E-state index contributed by atoms with van der Waals surface area (Å²) in [4.78, 5) is 0.299. The molecular formula is C27H32N2O2S. The molecule has 1 saturated heterocycles. The molecule has 0 unspecified atom stereocenters. The van der Waals surface area contributed by atoms with Crippen molar-refractivity contribution in [3.63, 3.8) is 0 Å². The Bertz CT molecular complexity index is 1080. The lowest BCUT2D eigenvalue weighted by Crippen LogP contribution is -2.33. The van der Waals surface area contributed by atoms with Crippen molar-refractivity contribution in [2.24, 2.45) is 0 Å². The molecule has 168 valence electrons. The van der Waals surface area contributed by atoms with E-state index >= 15 is 0 Å². The first-order valence-electron chi connectivity index (χ1n) is 11.5. The molecule has 2 N–H and O–H groups in total. The molecule has 1 aliphatic rings. The van der Waals surface area contributed by atoms with E-state index < -0.39 is 10.0 Å². The quantitative estimate of drug-likeness (QED) is 0.465. The van der Waals surface area contributed by atoms with Gasteiger partial charge in [0.05, 0.1) is 10.9 Å². The summed E-state index contributed by atoms with van der Waals surface area (Å²) in [6.07, 6.45) is 4.32. The second-order valence-electron chi connectivity index (χ2n) is 8.71. The molecule has 5 heteroatoms. The Morgan fingerprint density at radius 2 is 1.53 bits per heavy atom. The molecule has 0 spiro atoms. The van der Waals surface area contributed by atoms with Crippen LogP contribution in [0, 0.1) is 6.92 Å². The second-order valence-corrected chi connectivity index (χ2v) is 10.4. The van der Waals surface area contributed by atoms with Gasteiger partial charge >= 0.3 is 0 Å². The van der Waals surface area contributed by atoms with Gasteiger partial charge < -0.3 is 5.32 Å². The van der Waals surface area contributed by atoms with Crippen molar-refractivity contribution >= 4 is 10.0 Å². The first-order valence-corrected chi connectivity index (χ1v) is 12.9. The van der Waals surface area contributed by atoms with Crippen LogP contribution in [0.1, 0.15) is 54.3 Å². The normalized spacial score (nSPS) is 18.3. The molecule has 0 saturated carbocycles. The van der Waals surface area contributed by atoms with Gasteiger partial charge in [0.15, 0.2) is 0 Å². The molecule has 3 aromatic carbocycles. The van der Waals surface area contributed by atoms with Gasteiger partial charge in [-0.15, -0.1) is 0 Å². The maximum Gasteiger partial charge on any atom is 0.241 e. The average molecular weight is 449 g/mol. The van der Waals surface area contributed by atoms with Crippen LogP contribution >= 0.6 is 0 Å². The molecule has 0 bridgehead atoms. The van der Waals surface area contributed by atoms with E-state index in [9.17, 15) is 8.42 Å². The van der Waals surface area contributed by atoms with E-state index in [2.05, 4.69) is 22.2 Å². The van der Waals surface area contributed by atoms with Crippen LogP contribution in [0.3, 0.4) is 0 Å². The molecule has 4 rings (SSSR count). The van der Waals surface area contributed by atoms with Gasteiger partial charge in [-0.2, -0.15) is 0 Å². The highest BCUT2D eigenvalue weighted by Crippen LogP contribution is 2.37. The molecule has 0 amide bonds. The molecule has 4 nitrogen and oxygen atoms in total. The third-order valence-electron chi connectivity index (χ3n) is 6.39. The third kappa shape index (κ3) is 5.66. The van der Waals surface area contributed by atoms with Crippen LogP contribution in [0.5, 0.6) is 0 Å². The van der Waals surface area contributed by atoms with Gasteiger partial charge in [0, 0.05) is 12.0 Å². The first-order chi connectivity index (χ1) is 15.5. The minimum absolute atomic E-state index is 0.0289. The number of aryl methyl sites for hydroxylation is 1. The van der Waals surface area contributed by atoms with Crippen LogP contribution in [0.2, 0.25) is 0 Å². The largest absolute Gasteiger partial charge is 0.314 e. The summed E-state index contributed by atoms with van der Waals surface area (Å²) >= 11 is 0. The first kappa shape index (κ1) is 22.7. The summed E-state index contributed by atoms with van der Waals surface area (Å²) in [5.74, 6) is 0.0289. The number of rotatable bonds is 9. The fourth-order valence-corrected chi connectivity index (χ4v) is 5.87. The zero-order chi connectivity index (χ0) is 22.4. The van der Waals surface area contributed by atoms with E-state index in [4.69, 9.17) is 0 Å². The lowest BCUT2D eigenvalue weighted by atomic mass is 9.83. The lowest BCUT2D eigenvalue weighted by molar-refractivity contribution is 0.427. The molecule has 0 radical (unpaired) electrons. The minimum atomic E-state index is -3.68. The standard InChI is InChI=1S/C27H32N2O2S/c1-21-14-17-25(18-15-21)32(30,31)29-27(23-11-6-3-7-12-23)26(22-9-4-2-5-10-22)19-16-24-13-8-20-28-24/h2-7,9-12,14-15,17-18,24,26-29H,8,13,16,19-20H2,1H3/t24-,26-,27-/m0/s1. The highest BCUT2D eigenvalue weighted by molar-refractivity contribution is 7.89. The van der Waals surface area contributed by atoms with Gasteiger partial charge in [-0.25, -0.2) is 13.1 Å². The maximum atomic E-state index is 13.4. The molecule has 1 aliphatic heterocycles. The molecule has 3 atom stereocenters. The van der Waals surface area contributed by atoms with Gasteiger partial charge in [0.25, 0.3) is 0 Å². The SMILES string of the molecule is Cc1ccc(S(=O)(=O)N[C@@H](c2ccccc2)[C@@H](CC[C@@H]2CCCN2)c2ccccc2)cc1. The smallest absolute Gasteiger partial charge is 0.241 e. The summed E-state index contributed by atoms with van der Waals surface area (Å²) in [6.45, 7) is 3.03. The topological polar surface area (TPSA) is 58.2 Å². The van der Waals surface area contributed by atoms with Gasteiger partial charge in [-0.1, -0.05) is 78.4 Å². The predicted molar refractivity (Wildman–Crippen MR) is 130 cm³/mol. The van der Waals surface area contributed by atoms with Crippen LogP contribution in [0.4, 0.5) is 0 Å². The molecule has 0 aromatic heterocycles. The molecule has 32 heavy (non-hydrogen) atoms. The van der Waals surface area contributed by atoms with Gasteiger partial charge in [-0.05, 0) is 62.4 Å². The van der Waals surface area contributed by atoms with Crippen molar-refractivity contribution in [1.82, 2.24) is 10.0 Å². The van der Waals surface area contributed by atoms with Crippen molar-refractivity contribution < 1.29 is 8.42 Å². The summed E-state index contributed by atoms with van der Waals surface area (Å²) in [6, 6.07) is 27.5. The second kappa shape index (κ2) is 10.4. The van der Waals surface area contributed by atoms with Crippen molar-refractivity contribution in [1.29, 1.82) is 0 Å². The average Bonchev–Trinajstić information content (AvgIpc) is 3.34. The summed E-state index contributed by atoms with van der Waals surface area (Å²) in [5, 5.41) is 3.58. The number of hydrogen-bond donors (Lipinski definition) is 2.